The number of hydrogen-bond acceptors (Lipinski definition) is 3. The van der Waals surface area contributed by atoms with E-state index in [0.29, 0.717) is 12.8 Å². The number of carbonyl (C=O) groups is 1. The van der Waals surface area contributed by atoms with E-state index in [1.165, 1.54) is 276 Å². The number of aliphatic hydroxyl groups excluding tert-OH is 2. The number of allylic oxidation sites excluding steroid dienone is 16. The molecule has 4 heteroatoms. The van der Waals surface area contributed by atoms with Crippen molar-refractivity contribution in [1.29, 1.82) is 0 Å². The third-order valence-electron chi connectivity index (χ3n) is 16.9. The fraction of sp³-hybridized carbons (Fsp3) is 0.785. The molecule has 0 spiro atoms. The second kappa shape index (κ2) is 73.6. The van der Waals surface area contributed by atoms with Gasteiger partial charge in [-0.05, 0) is 77.0 Å². The second-order valence-electron chi connectivity index (χ2n) is 25.0. The van der Waals surface area contributed by atoms with E-state index in [-0.39, 0.29) is 12.5 Å². The first kappa shape index (κ1) is 80.3. The molecule has 3 N–H and O–H groups in total. The van der Waals surface area contributed by atoms with Gasteiger partial charge in [0.05, 0.1) is 18.8 Å². The number of amides is 1. The van der Waals surface area contributed by atoms with Crippen LogP contribution < -0.4 is 5.32 Å². The van der Waals surface area contributed by atoms with Crippen molar-refractivity contribution in [3.05, 3.63) is 97.2 Å². The lowest BCUT2D eigenvalue weighted by Crippen LogP contribution is -2.45. The molecule has 0 aromatic carbocycles. The first-order valence-electron chi connectivity index (χ1n) is 36.9. The Kier molecular flexibility index (Phi) is 71.2. The third-order valence-corrected chi connectivity index (χ3v) is 16.9. The maximum atomic E-state index is 12.6. The molecule has 1 amide bonds. The molecule has 482 valence electrons. The van der Waals surface area contributed by atoms with E-state index in [9.17, 15) is 15.0 Å². The van der Waals surface area contributed by atoms with Gasteiger partial charge in [-0.15, -0.1) is 0 Å². The maximum Gasteiger partial charge on any atom is 0.220 e. The fourth-order valence-electron chi connectivity index (χ4n) is 11.3. The van der Waals surface area contributed by atoms with E-state index in [1.54, 1.807) is 0 Å². The van der Waals surface area contributed by atoms with Gasteiger partial charge in [-0.1, -0.05) is 394 Å². The summed E-state index contributed by atoms with van der Waals surface area (Å²) in [4.78, 5) is 12.6. The molecule has 83 heavy (non-hydrogen) atoms. The topological polar surface area (TPSA) is 69.6 Å². The molecule has 0 heterocycles. The first-order chi connectivity index (χ1) is 41.2. The highest BCUT2D eigenvalue weighted by molar-refractivity contribution is 5.76. The van der Waals surface area contributed by atoms with Crippen molar-refractivity contribution >= 4 is 5.91 Å². The highest BCUT2D eigenvalue weighted by Gasteiger charge is 2.20. The van der Waals surface area contributed by atoms with E-state index in [4.69, 9.17) is 0 Å². The van der Waals surface area contributed by atoms with Crippen LogP contribution in [0.25, 0.3) is 0 Å². The molecule has 0 aliphatic rings. The molecule has 2 unspecified atom stereocenters. The summed E-state index contributed by atoms with van der Waals surface area (Å²) in [5, 5.41) is 23.5. The molecule has 0 fully saturated rings. The van der Waals surface area contributed by atoms with E-state index in [2.05, 4.69) is 116 Å². The Morgan fingerprint density at radius 2 is 0.530 bits per heavy atom. The van der Waals surface area contributed by atoms with Crippen molar-refractivity contribution in [1.82, 2.24) is 5.32 Å². The number of unbranched alkanes of at least 4 members (excludes halogenated alkanes) is 45. The minimum atomic E-state index is -0.665. The second-order valence-corrected chi connectivity index (χ2v) is 25.0. The van der Waals surface area contributed by atoms with Gasteiger partial charge in [-0.3, -0.25) is 4.79 Å². The van der Waals surface area contributed by atoms with Crippen LogP contribution in [0.15, 0.2) is 97.2 Å². The van der Waals surface area contributed by atoms with Crippen molar-refractivity contribution in [2.75, 3.05) is 6.61 Å². The van der Waals surface area contributed by atoms with Crippen LogP contribution in [0.4, 0.5) is 0 Å². The van der Waals surface area contributed by atoms with Gasteiger partial charge < -0.3 is 15.5 Å². The van der Waals surface area contributed by atoms with Gasteiger partial charge in [-0.25, -0.2) is 0 Å². The Balaban J connectivity index is 3.45. The van der Waals surface area contributed by atoms with Gasteiger partial charge in [0.2, 0.25) is 5.91 Å². The summed E-state index contributed by atoms with van der Waals surface area (Å²) < 4.78 is 0. The number of aliphatic hydroxyl groups is 2. The zero-order valence-corrected chi connectivity index (χ0v) is 55.7. The Labute approximate surface area is 519 Å². The highest BCUT2D eigenvalue weighted by atomic mass is 16.3. The Bertz CT molecular complexity index is 1500. The van der Waals surface area contributed by atoms with Crippen LogP contribution >= 0.6 is 0 Å². The van der Waals surface area contributed by atoms with Crippen molar-refractivity contribution in [2.24, 2.45) is 0 Å². The third kappa shape index (κ3) is 70.0. The number of rotatable bonds is 68. The molecule has 0 aromatic rings. The average Bonchev–Trinajstić information content (AvgIpc) is 3.51. The Hall–Kier alpha value is -2.69. The van der Waals surface area contributed by atoms with E-state index in [0.717, 1.165) is 77.0 Å². The van der Waals surface area contributed by atoms with Crippen LogP contribution in [-0.2, 0) is 4.79 Å². The number of carbonyl (C=O) groups excluding carboxylic acids is 1. The summed E-state index contributed by atoms with van der Waals surface area (Å²) in [7, 11) is 0. The summed E-state index contributed by atoms with van der Waals surface area (Å²) in [5.41, 5.74) is 0. The monoisotopic (exact) mass is 1150 g/mol. The molecular weight excluding hydrogens is 1010 g/mol. The quantitative estimate of drug-likeness (QED) is 0.0420. The minimum absolute atomic E-state index is 0.0277. The van der Waals surface area contributed by atoms with Crippen LogP contribution in [0.2, 0.25) is 0 Å². The molecule has 0 saturated heterocycles. The summed E-state index contributed by atoms with van der Waals surface area (Å²) in [5.74, 6) is -0.0277. The first-order valence-corrected chi connectivity index (χ1v) is 36.9. The van der Waals surface area contributed by atoms with Crippen molar-refractivity contribution in [3.8, 4) is 0 Å². The van der Waals surface area contributed by atoms with E-state index < -0.39 is 12.1 Å². The average molecular weight is 1160 g/mol. The lowest BCUT2D eigenvalue weighted by molar-refractivity contribution is -0.123. The normalized spacial score (nSPS) is 13.3. The van der Waals surface area contributed by atoms with Crippen molar-refractivity contribution in [3.63, 3.8) is 0 Å². The zero-order chi connectivity index (χ0) is 59.8. The fourth-order valence-corrected chi connectivity index (χ4v) is 11.3. The Morgan fingerprint density at radius 3 is 0.795 bits per heavy atom. The van der Waals surface area contributed by atoms with Crippen molar-refractivity contribution in [2.45, 2.75) is 392 Å². The summed E-state index contributed by atoms with van der Waals surface area (Å²) in [6, 6.07) is -0.542. The molecule has 0 aliphatic carbocycles. The molecule has 0 saturated carbocycles. The number of hydrogen-bond donors (Lipinski definition) is 3. The summed E-state index contributed by atoms with van der Waals surface area (Å²) >= 11 is 0. The molecule has 0 bridgehead atoms. The molecule has 0 aromatic heterocycles. The summed E-state index contributed by atoms with van der Waals surface area (Å²) in [6.07, 6.45) is 109. The minimum Gasteiger partial charge on any atom is -0.394 e. The number of nitrogens with one attached hydrogen (secondary N) is 1. The van der Waals surface area contributed by atoms with Gasteiger partial charge in [0.25, 0.3) is 0 Å². The van der Waals surface area contributed by atoms with Crippen LogP contribution in [-0.4, -0.2) is 34.9 Å². The maximum absolute atomic E-state index is 12.6. The van der Waals surface area contributed by atoms with Gasteiger partial charge >= 0.3 is 0 Å². The standard InChI is InChI=1S/C79H143NO3/c1-3-5-7-9-11-13-15-17-19-21-23-25-27-29-31-33-35-36-37-38-39-40-41-42-43-44-45-47-49-51-53-55-57-59-61-63-65-67-69-71-73-75-79(83)80-77(76-81)78(82)74-72-70-68-66-64-62-60-58-56-54-52-50-48-46-34-32-30-28-26-24-22-20-18-16-14-12-10-8-6-4-2/h5,7,11,13,17,19,23,25,29,31,35-36,38-39,41-42,77-78,81-82H,3-4,6,8-10,12,14-16,18,20-22,24,26-28,30,32-34,37,40,43-76H2,1-2H3,(H,80,83)/b7-5-,13-11-,19-17-,25-23-,31-29-,36-35-,39-38-,42-41-. The molecule has 0 rings (SSSR count). The van der Waals surface area contributed by atoms with Gasteiger partial charge in [0.1, 0.15) is 0 Å². The van der Waals surface area contributed by atoms with Crippen molar-refractivity contribution < 1.29 is 15.0 Å². The lowest BCUT2D eigenvalue weighted by Gasteiger charge is -2.22. The predicted octanol–water partition coefficient (Wildman–Crippen LogP) is 25.5. The van der Waals surface area contributed by atoms with Crippen LogP contribution in [0, 0.1) is 0 Å². The molecule has 0 radical (unpaired) electrons. The van der Waals surface area contributed by atoms with Gasteiger partial charge in [0.15, 0.2) is 0 Å². The lowest BCUT2D eigenvalue weighted by atomic mass is 10.0. The van der Waals surface area contributed by atoms with Crippen LogP contribution in [0.1, 0.15) is 380 Å². The van der Waals surface area contributed by atoms with Gasteiger partial charge in [-0.2, -0.15) is 0 Å². The Morgan fingerprint density at radius 1 is 0.301 bits per heavy atom. The predicted molar refractivity (Wildman–Crippen MR) is 373 cm³/mol. The van der Waals surface area contributed by atoms with Crippen LogP contribution in [0.5, 0.6) is 0 Å². The zero-order valence-electron chi connectivity index (χ0n) is 55.7. The molecule has 0 aliphatic heterocycles. The highest BCUT2D eigenvalue weighted by Crippen LogP contribution is 2.19. The summed E-state index contributed by atoms with van der Waals surface area (Å²) in [6.45, 7) is 4.28. The molecular formula is C79H143NO3. The SMILES string of the molecule is CC/C=C\C/C=C\C/C=C\C/C=C\C/C=C\C/C=C\C/C=C\C/C=C\CCCCCCCCCCCCCCCCCCC(=O)NC(CO)C(O)CCCCCCCCCCCCCCCCCCCCCCCCCCCCCCCC. The smallest absolute Gasteiger partial charge is 0.220 e. The molecule has 2 atom stereocenters. The van der Waals surface area contributed by atoms with E-state index in [1.807, 2.05) is 0 Å². The largest absolute Gasteiger partial charge is 0.394 e. The molecule has 4 nitrogen and oxygen atoms in total. The van der Waals surface area contributed by atoms with Gasteiger partial charge in [0, 0.05) is 6.42 Å². The van der Waals surface area contributed by atoms with Crippen LogP contribution in [0.3, 0.4) is 0 Å². The van der Waals surface area contributed by atoms with E-state index >= 15 is 0 Å².